The van der Waals surface area contributed by atoms with Crippen LogP contribution in [0.3, 0.4) is 0 Å². The van der Waals surface area contributed by atoms with Crippen LogP contribution >= 0.6 is 0 Å². The maximum absolute atomic E-state index is 8.88. The Morgan fingerprint density at radius 2 is 2.05 bits per heavy atom. The first-order valence-electron chi connectivity index (χ1n) is 6.04. The predicted octanol–water partition coefficient (Wildman–Crippen LogP) is 1.58. The van der Waals surface area contributed by atoms with Gasteiger partial charge in [0.1, 0.15) is 5.75 Å². The van der Waals surface area contributed by atoms with Crippen LogP contribution in [0.15, 0.2) is 36.4 Å². The molecule has 0 atom stereocenters. The van der Waals surface area contributed by atoms with Crippen molar-refractivity contribution in [3.8, 4) is 17.0 Å². The van der Waals surface area contributed by atoms with E-state index in [0.717, 1.165) is 22.8 Å². The van der Waals surface area contributed by atoms with E-state index in [4.69, 9.17) is 9.84 Å². The van der Waals surface area contributed by atoms with Crippen molar-refractivity contribution in [2.24, 2.45) is 0 Å². The van der Waals surface area contributed by atoms with Gasteiger partial charge in [0.25, 0.3) is 0 Å². The average Bonchev–Trinajstić information content (AvgIpc) is 2.48. The Hall–Kier alpha value is -2.14. The van der Waals surface area contributed by atoms with Gasteiger partial charge in [-0.3, -0.25) is 0 Å². The number of aliphatic hydroxyl groups excluding tert-OH is 1. The molecule has 0 fully saturated rings. The molecule has 2 rings (SSSR count). The minimum atomic E-state index is 0.0931. The molecular weight excluding hydrogens is 242 g/mol. The number of anilines is 1. The lowest BCUT2D eigenvalue weighted by Crippen LogP contribution is -2.22. The zero-order valence-electron chi connectivity index (χ0n) is 11.1. The van der Waals surface area contributed by atoms with E-state index in [1.807, 2.05) is 48.3 Å². The minimum Gasteiger partial charge on any atom is -0.497 e. The van der Waals surface area contributed by atoms with Crippen molar-refractivity contribution in [1.29, 1.82) is 0 Å². The summed E-state index contributed by atoms with van der Waals surface area (Å²) in [5.41, 5.74) is 1.75. The number of likely N-dealkylation sites (N-methyl/N-ethyl adjacent to an activating group) is 1. The second-order valence-electron chi connectivity index (χ2n) is 4.15. The lowest BCUT2D eigenvalue weighted by atomic mass is 10.1. The first-order valence-corrected chi connectivity index (χ1v) is 6.04. The fraction of sp³-hybridized carbons (Fsp3) is 0.286. The molecule has 0 aliphatic heterocycles. The van der Waals surface area contributed by atoms with Crippen LogP contribution in [0.1, 0.15) is 0 Å². The van der Waals surface area contributed by atoms with E-state index in [1.54, 1.807) is 7.11 Å². The number of aliphatic hydroxyl groups is 1. The Bertz CT molecular complexity index is 528. The zero-order chi connectivity index (χ0) is 13.7. The normalized spacial score (nSPS) is 10.3. The Labute approximate surface area is 112 Å². The molecule has 0 aliphatic rings. The molecule has 1 heterocycles. The third-order valence-corrected chi connectivity index (χ3v) is 2.84. The number of ether oxygens (including phenoxy) is 1. The van der Waals surface area contributed by atoms with Gasteiger partial charge >= 0.3 is 0 Å². The molecular formula is C14H17N3O2. The molecule has 0 radical (unpaired) electrons. The summed E-state index contributed by atoms with van der Waals surface area (Å²) in [4.78, 5) is 1.85. The van der Waals surface area contributed by atoms with E-state index in [1.165, 1.54) is 0 Å². The van der Waals surface area contributed by atoms with Gasteiger partial charge in [-0.05, 0) is 24.3 Å². The number of nitrogens with zero attached hydrogens (tertiary/aromatic N) is 3. The van der Waals surface area contributed by atoms with Gasteiger partial charge in [-0.1, -0.05) is 12.1 Å². The Morgan fingerprint density at radius 1 is 1.21 bits per heavy atom. The van der Waals surface area contributed by atoms with Crippen LogP contribution in [0.5, 0.6) is 5.75 Å². The summed E-state index contributed by atoms with van der Waals surface area (Å²) in [7, 11) is 3.50. The van der Waals surface area contributed by atoms with Crippen molar-refractivity contribution in [2.45, 2.75) is 0 Å². The highest BCUT2D eigenvalue weighted by molar-refractivity contribution is 5.61. The monoisotopic (exact) mass is 259 g/mol. The molecule has 1 N–H and O–H groups in total. The van der Waals surface area contributed by atoms with Crippen LogP contribution in [0, 0.1) is 0 Å². The summed E-state index contributed by atoms with van der Waals surface area (Å²) in [5, 5.41) is 17.2. The number of methoxy groups -OCH3 is 1. The lowest BCUT2D eigenvalue weighted by molar-refractivity contribution is 0.303. The lowest BCUT2D eigenvalue weighted by Gasteiger charge is -2.15. The minimum absolute atomic E-state index is 0.0931. The SMILES string of the molecule is COc1cccc(-c2ccc(N(C)CCO)nn2)c1. The summed E-state index contributed by atoms with van der Waals surface area (Å²) >= 11 is 0. The van der Waals surface area contributed by atoms with E-state index in [9.17, 15) is 0 Å². The molecule has 0 aliphatic carbocycles. The first-order chi connectivity index (χ1) is 9.24. The van der Waals surface area contributed by atoms with E-state index in [-0.39, 0.29) is 6.61 Å². The molecule has 0 saturated heterocycles. The number of hydrogen-bond donors (Lipinski definition) is 1. The molecule has 5 heteroatoms. The van der Waals surface area contributed by atoms with Crippen LogP contribution in [0.4, 0.5) is 5.82 Å². The highest BCUT2D eigenvalue weighted by Gasteiger charge is 2.05. The predicted molar refractivity (Wildman–Crippen MR) is 74.4 cm³/mol. The summed E-state index contributed by atoms with van der Waals surface area (Å²) in [5.74, 6) is 1.53. The number of rotatable bonds is 5. The fourth-order valence-corrected chi connectivity index (χ4v) is 1.73. The number of aromatic nitrogens is 2. The van der Waals surface area contributed by atoms with Crippen LogP contribution in [-0.2, 0) is 0 Å². The number of hydrogen-bond acceptors (Lipinski definition) is 5. The van der Waals surface area contributed by atoms with E-state index in [0.29, 0.717) is 6.54 Å². The average molecular weight is 259 g/mol. The van der Waals surface area contributed by atoms with Gasteiger partial charge in [0.2, 0.25) is 0 Å². The van der Waals surface area contributed by atoms with Gasteiger partial charge in [-0.25, -0.2) is 0 Å². The van der Waals surface area contributed by atoms with Gasteiger partial charge in [0.05, 0.1) is 19.4 Å². The van der Waals surface area contributed by atoms with Crippen LogP contribution in [0.25, 0.3) is 11.3 Å². The van der Waals surface area contributed by atoms with Crippen molar-refractivity contribution in [1.82, 2.24) is 10.2 Å². The summed E-state index contributed by atoms with van der Waals surface area (Å²) in [6.07, 6.45) is 0. The molecule has 1 aromatic carbocycles. The highest BCUT2D eigenvalue weighted by Crippen LogP contribution is 2.22. The maximum Gasteiger partial charge on any atom is 0.151 e. The largest absolute Gasteiger partial charge is 0.497 e. The molecule has 5 nitrogen and oxygen atoms in total. The van der Waals surface area contributed by atoms with Gasteiger partial charge < -0.3 is 14.7 Å². The van der Waals surface area contributed by atoms with Gasteiger partial charge in [0.15, 0.2) is 5.82 Å². The molecule has 100 valence electrons. The summed E-state index contributed by atoms with van der Waals surface area (Å²) < 4.78 is 5.19. The van der Waals surface area contributed by atoms with Crippen molar-refractivity contribution in [3.63, 3.8) is 0 Å². The molecule has 19 heavy (non-hydrogen) atoms. The molecule has 0 spiro atoms. The first kappa shape index (κ1) is 13.3. The van der Waals surface area contributed by atoms with Crippen LogP contribution in [-0.4, -0.2) is 42.6 Å². The maximum atomic E-state index is 8.88. The van der Waals surface area contributed by atoms with Gasteiger partial charge in [-0.15, -0.1) is 10.2 Å². The number of benzene rings is 1. The fourth-order valence-electron chi connectivity index (χ4n) is 1.73. The van der Waals surface area contributed by atoms with Crippen LogP contribution < -0.4 is 9.64 Å². The Balaban J connectivity index is 2.22. The summed E-state index contributed by atoms with van der Waals surface area (Å²) in [6, 6.07) is 11.5. The molecule has 0 saturated carbocycles. The zero-order valence-corrected chi connectivity index (χ0v) is 11.1. The molecule has 2 aromatic rings. The molecule has 0 amide bonds. The highest BCUT2D eigenvalue weighted by atomic mass is 16.5. The summed E-state index contributed by atoms with van der Waals surface area (Å²) in [6.45, 7) is 0.628. The topological polar surface area (TPSA) is 58.5 Å². The van der Waals surface area contributed by atoms with Crippen molar-refractivity contribution >= 4 is 5.82 Å². The quantitative estimate of drug-likeness (QED) is 0.883. The van der Waals surface area contributed by atoms with Gasteiger partial charge in [-0.2, -0.15) is 0 Å². The standard InChI is InChI=1S/C14H17N3O2/c1-17(8-9-18)14-7-6-13(15-16-14)11-4-3-5-12(10-11)19-2/h3-7,10,18H,8-9H2,1-2H3. The van der Waals surface area contributed by atoms with E-state index < -0.39 is 0 Å². The van der Waals surface area contributed by atoms with E-state index >= 15 is 0 Å². The van der Waals surface area contributed by atoms with E-state index in [2.05, 4.69) is 10.2 Å². The molecule has 1 aromatic heterocycles. The third kappa shape index (κ3) is 3.20. The van der Waals surface area contributed by atoms with Crippen molar-refractivity contribution < 1.29 is 9.84 Å². The molecule has 0 bridgehead atoms. The Kier molecular flexibility index (Phi) is 4.30. The Morgan fingerprint density at radius 3 is 2.68 bits per heavy atom. The van der Waals surface area contributed by atoms with Crippen LogP contribution in [0.2, 0.25) is 0 Å². The second kappa shape index (κ2) is 6.15. The van der Waals surface area contributed by atoms with Gasteiger partial charge in [0, 0.05) is 19.2 Å². The second-order valence-corrected chi connectivity index (χ2v) is 4.15. The smallest absolute Gasteiger partial charge is 0.151 e. The van der Waals surface area contributed by atoms with Crippen molar-refractivity contribution in [2.75, 3.05) is 32.2 Å². The van der Waals surface area contributed by atoms with Crippen molar-refractivity contribution in [3.05, 3.63) is 36.4 Å². The molecule has 0 unspecified atom stereocenters. The third-order valence-electron chi connectivity index (χ3n) is 2.84.